The average molecular weight is 1590 g/mol. The second-order valence-corrected chi connectivity index (χ2v) is 27.0. The van der Waals surface area contributed by atoms with Crippen LogP contribution in [0.3, 0.4) is 0 Å². The molecule has 8 aliphatic rings. The van der Waals surface area contributed by atoms with Crippen LogP contribution in [0.15, 0.2) is 0 Å². The number of carbonyl (C=O) groups excluding carboxylic acids is 2. The second-order valence-electron chi connectivity index (χ2n) is 27.0. The standard InChI is InChI=1S/C59H103N3O46/c60-17(51(92)62-16(13-95-54-45(90)37(82)49(24(9-69)103-54)107-58-41(86)33(78)29(74)20(5-65)99-58)14-96-55-46(91)38(83)50(25(10-70)104-55)108-59-42(87)34(79)30(75)21(6-66)100-59)1-2-26(71)61-15(11-93-52-43(88)35(80)47(22(7-67)101-52)105-56-39(84)31(76)27(72)18(3-63)97-56)12-94-53-44(89)36(81)48(23(8-68)102-53)106-57-40(85)32(77)28(73)19(4-64)98-57/h15-25,27-50,52-59,63-70,72-91H,1-14,60H2,(H,61,71)(H,62,92)/t17-,18+,19+,20+,21+,22+,23+,24+,25+,27+,28+,29+,30+,31-,32-,33-,34-,35+,36+,37+,38+,39+,40+,41+,42+,43+,44+,45+,46+,47+,48+,49+,50+,52+,53+,54+,55+,56-,57-,58-,59-/m0/s1. The van der Waals surface area contributed by atoms with E-state index in [4.69, 9.17) is 81.5 Å². The van der Waals surface area contributed by atoms with E-state index in [2.05, 4.69) is 10.6 Å². The SMILES string of the molecule is N[C@@H](CCC(=O)NC(CO[C@@H]1O[C@H](CO)[C@@H](O[C@@H]2O[C@H](CO)[C@@H](O)[C@H](O)[C@H]2O)[C@H](O)[C@H]1O)CO[C@@H]1O[C@H](CO)[C@@H](O[C@@H]2O[C@H](CO)[C@@H](O)[C@H](O)[C@H]2O)[C@H](O)[C@H]1O)C(=O)NC(CO[C@@H]1O[C@H](CO)[C@@H](O[C@@H]2O[C@H](CO)[C@@H](O)[C@H](O)[C@H]2O)[C@H](O)[C@H]1O)CO[C@@H]1O[C@H](CO)[C@@H](O[C@@H]2O[C@H](CO)[C@@H](O)[C@H](O)[C@H]2O)[C@H](O)[C@H]1O. The van der Waals surface area contributed by atoms with E-state index in [0.29, 0.717) is 0 Å². The van der Waals surface area contributed by atoms with E-state index in [1.165, 1.54) is 0 Å². The van der Waals surface area contributed by atoms with Crippen molar-refractivity contribution in [3.63, 3.8) is 0 Å². The fourth-order valence-electron chi connectivity index (χ4n) is 12.9. The second kappa shape index (κ2) is 41.1. The summed E-state index contributed by atoms with van der Waals surface area (Å²) in [5.74, 6) is -2.16. The van der Waals surface area contributed by atoms with Crippen LogP contribution in [0.4, 0.5) is 0 Å². The Kier molecular flexibility index (Phi) is 34.5. The van der Waals surface area contributed by atoms with Crippen molar-refractivity contribution in [1.29, 1.82) is 0 Å². The zero-order chi connectivity index (χ0) is 79.6. The summed E-state index contributed by atoms with van der Waals surface area (Å²) in [5.41, 5.74) is 6.32. The molecule has 0 aromatic heterocycles. The number of hydrogen-bond donors (Lipinski definition) is 31. The van der Waals surface area contributed by atoms with Crippen LogP contribution in [0, 0.1) is 0 Å². The van der Waals surface area contributed by atoms with Crippen LogP contribution in [0.25, 0.3) is 0 Å². The molecule has 0 spiro atoms. The van der Waals surface area contributed by atoms with Crippen LogP contribution in [0.2, 0.25) is 0 Å². The predicted octanol–water partition coefficient (Wildman–Crippen LogP) is -21.4. The molecule has 108 heavy (non-hydrogen) atoms. The number of aliphatic hydroxyl groups excluding tert-OH is 28. The number of rotatable bonds is 34. The Balaban J connectivity index is 0.960. The van der Waals surface area contributed by atoms with Crippen molar-refractivity contribution >= 4 is 11.8 Å². The molecule has 8 aliphatic heterocycles. The molecule has 630 valence electrons. The Morgan fingerprint density at radius 3 is 0.704 bits per heavy atom. The maximum atomic E-state index is 14.1. The monoisotopic (exact) mass is 1590 g/mol. The van der Waals surface area contributed by atoms with Crippen molar-refractivity contribution in [1.82, 2.24) is 10.6 Å². The van der Waals surface area contributed by atoms with Gasteiger partial charge in [0.2, 0.25) is 11.8 Å². The van der Waals surface area contributed by atoms with Crippen molar-refractivity contribution in [2.75, 3.05) is 79.3 Å². The fraction of sp³-hybridized carbons (Fsp3) is 0.966. The maximum absolute atomic E-state index is 14.1. The molecule has 2 amide bonds. The largest absolute Gasteiger partial charge is 0.394 e. The lowest BCUT2D eigenvalue weighted by Crippen LogP contribution is -2.65. The molecule has 8 fully saturated rings. The lowest BCUT2D eigenvalue weighted by atomic mass is 9.97. The van der Waals surface area contributed by atoms with E-state index >= 15 is 0 Å². The summed E-state index contributed by atoms with van der Waals surface area (Å²) in [6, 6.07) is -4.89. The number of ether oxygens (including phenoxy) is 16. The van der Waals surface area contributed by atoms with Gasteiger partial charge in [-0.1, -0.05) is 0 Å². The van der Waals surface area contributed by atoms with Crippen molar-refractivity contribution in [2.24, 2.45) is 5.73 Å². The summed E-state index contributed by atoms with van der Waals surface area (Å²) < 4.78 is 89.6. The molecule has 8 heterocycles. The fourth-order valence-corrected chi connectivity index (χ4v) is 12.9. The summed E-state index contributed by atoms with van der Waals surface area (Å²) in [6.45, 7) is -11.2. The van der Waals surface area contributed by atoms with Crippen LogP contribution >= 0.6 is 0 Å². The zero-order valence-corrected chi connectivity index (χ0v) is 57.2. The number of nitrogens with one attached hydrogen (secondary N) is 2. The minimum atomic E-state index is -2.17. The molecule has 8 rings (SSSR count). The molecule has 0 radical (unpaired) electrons. The third-order valence-electron chi connectivity index (χ3n) is 19.4. The van der Waals surface area contributed by atoms with Gasteiger partial charge in [-0.2, -0.15) is 0 Å². The third-order valence-corrected chi connectivity index (χ3v) is 19.4. The summed E-state index contributed by atoms with van der Waals surface area (Å²) in [7, 11) is 0. The number of nitrogens with two attached hydrogens (primary N) is 1. The molecule has 49 heteroatoms. The van der Waals surface area contributed by atoms with Crippen molar-refractivity contribution in [3.05, 3.63) is 0 Å². The molecular formula is C59H103N3O46. The normalized spacial score (nSPS) is 46.5. The minimum Gasteiger partial charge on any atom is -0.394 e. The van der Waals surface area contributed by atoms with E-state index in [0.717, 1.165) is 0 Å². The Morgan fingerprint density at radius 1 is 0.278 bits per heavy atom. The topological polar surface area (TPSA) is 798 Å². The summed E-state index contributed by atoms with van der Waals surface area (Å²) >= 11 is 0. The highest BCUT2D eigenvalue weighted by atomic mass is 16.8. The van der Waals surface area contributed by atoms with Gasteiger partial charge in [-0.25, -0.2) is 0 Å². The van der Waals surface area contributed by atoms with Crippen LogP contribution in [-0.2, 0) is 85.4 Å². The van der Waals surface area contributed by atoms with Gasteiger partial charge in [0, 0.05) is 6.42 Å². The van der Waals surface area contributed by atoms with E-state index in [-0.39, 0.29) is 0 Å². The van der Waals surface area contributed by atoms with Gasteiger partial charge < -0.3 is 235 Å². The molecule has 0 aromatic rings. The molecular weight excluding hydrogens is 1490 g/mol. The van der Waals surface area contributed by atoms with Crippen molar-refractivity contribution in [3.8, 4) is 0 Å². The predicted molar refractivity (Wildman–Crippen MR) is 330 cm³/mol. The van der Waals surface area contributed by atoms with Crippen molar-refractivity contribution in [2.45, 2.75) is 277 Å². The van der Waals surface area contributed by atoms with E-state index in [1.54, 1.807) is 0 Å². The number of carbonyl (C=O) groups is 2. The molecule has 0 aliphatic carbocycles. The van der Waals surface area contributed by atoms with Gasteiger partial charge in [0.15, 0.2) is 50.3 Å². The summed E-state index contributed by atoms with van der Waals surface area (Å²) in [6.07, 6.45) is -77.5. The number of aliphatic hydroxyl groups is 28. The molecule has 41 atom stereocenters. The van der Waals surface area contributed by atoms with Gasteiger partial charge in [0.1, 0.15) is 195 Å². The van der Waals surface area contributed by atoms with Gasteiger partial charge in [-0.3, -0.25) is 9.59 Å². The first kappa shape index (κ1) is 90.7. The molecule has 8 saturated heterocycles. The highest BCUT2D eigenvalue weighted by Gasteiger charge is 2.57. The van der Waals surface area contributed by atoms with Crippen LogP contribution in [-0.4, -0.2) is 498 Å². The Bertz CT molecular complexity index is 2520. The molecule has 0 aromatic carbocycles. The maximum Gasteiger partial charge on any atom is 0.237 e. The molecule has 32 N–H and O–H groups in total. The summed E-state index contributed by atoms with van der Waals surface area (Å²) in [5, 5.41) is 300. The van der Waals surface area contributed by atoms with Crippen molar-refractivity contribution < 1.29 is 228 Å². The van der Waals surface area contributed by atoms with E-state index < -0.39 is 368 Å². The highest BCUT2D eigenvalue weighted by molar-refractivity contribution is 5.83. The van der Waals surface area contributed by atoms with Gasteiger partial charge in [-0.05, 0) is 6.42 Å². The Hall–Kier alpha value is -2.86. The van der Waals surface area contributed by atoms with Gasteiger partial charge in [0.05, 0.1) is 97.4 Å². The van der Waals surface area contributed by atoms with E-state index in [1.807, 2.05) is 0 Å². The number of hydrogen-bond acceptors (Lipinski definition) is 47. The molecule has 0 saturated carbocycles. The van der Waals surface area contributed by atoms with Crippen LogP contribution < -0.4 is 16.4 Å². The number of amides is 2. The Labute approximate surface area is 611 Å². The smallest absolute Gasteiger partial charge is 0.237 e. The molecule has 0 bridgehead atoms. The average Bonchev–Trinajstić information content (AvgIpc) is 0.798. The van der Waals surface area contributed by atoms with Gasteiger partial charge >= 0.3 is 0 Å². The zero-order valence-electron chi connectivity index (χ0n) is 57.2. The minimum absolute atomic E-state index is 0.606. The summed E-state index contributed by atoms with van der Waals surface area (Å²) in [4.78, 5) is 28.1. The van der Waals surface area contributed by atoms with Gasteiger partial charge in [0.25, 0.3) is 0 Å². The third kappa shape index (κ3) is 21.0. The lowest BCUT2D eigenvalue weighted by Gasteiger charge is -2.46. The van der Waals surface area contributed by atoms with E-state index in [9.17, 15) is 153 Å². The first-order chi connectivity index (χ1) is 51.2. The lowest BCUT2D eigenvalue weighted by molar-refractivity contribution is -0.362. The Morgan fingerprint density at radius 2 is 0.481 bits per heavy atom. The molecule has 49 nitrogen and oxygen atoms in total. The molecule has 0 unspecified atom stereocenters. The van der Waals surface area contributed by atoms with Crippen LogP contribution in [0.5, 0.6) is 0 Å². The van der Waals surface area contributed by atoms with Gasteiger partial charge in [-0.15, -0.1) is 0 Å². The first-order valence-corrected chi connectivity index (χ1v) is 34.4. The highest BCUT2D eigenvalue weighted by Crippen LogP contribution is 2.36. The quantitative estimate of drug-likeness (QED) is 0.0284. The first-order valence-electron chi connectivity index (χ1n) is 34.4. The van der Waals surface area contributed by atoms with Crippen LogP contribution in [0.1, 0.15) is 12.8 Å².